The topological polar surface area (TPSA) is 0 Å². The van der Waals surface area contributed by atoms with Crippen LogP contribution in [0, 0.1) is 0 Å². The van der Waals surface area contributed by atoms with Gasteiger partial charge in [-0.2, -0.15) is 0 Å². The molecule has 0 rings (SSSR count). The number of nitrogens with zero attached hydrogens (tertiary/aromatic N) is 2. The van der Waals surface area contributed by atoms with Crippen LogP contribution in [-0.4, -0.2) is 61.3 Å². The average molecular weight is 836 g/mol. The van der Waals surface area contributed by atoms with Crippen LogP contribution in [-0.2, 0) is 0 Å². The molecule has 0 heterocycles. The summed E-state index contributed by atoms with van der Waals surface area (Å²) in [4.78, 5) is 0. The fourth-order valence-corrected chi connectivity index (χ4v) is 9.04. The first-order valence-corrected chi connectivity index (χ1v) is 26.2. The van der Waals surface area contributed by atoms with Crippen LogP contribution in [0.4, 0.5) is 0 Å². The molecule has 0 unspecified atom stereocenters. The van der Waals surface area contributed by atoms with Gasteiger partial charge >= 0.3 is 0 Å². The van der Waals surface area contributed by atoms with Crippen LogP contribution in [0.3, 0.4) is 0 Å². The van der Waals surface area contributed by atoms with E-state index >= 15 is 0 Å². The highest BCUT2D eigenvalue weighted by Gasteiger charge is 2.27. The molecule has 0 N–H and O–H groups in total. The van der Waals surface area contributed by atoms with Crippen molar-refractivity contribution in [1.29, 1.82) is 0 Å². The number of quaternary nitrogens is 2. The predicted molar refractivity (Wildman–Crippen MR) is 251 cm³/mol. The summed E-state index contributed by atoms with van der Waals surface area (Å²) in [6, 6.07) is 0. The molecule has 0 aliphatic carbocycles. The Kier molecular flexibility index (Phi) is 58.2. The van der Waals surface area contributed by atoms with Gasteiger partial charge in [0.15, 0.2) is 0 Å². The highest BCUT2D eigenvalue weighted by Crippen LogP contribution is 2.22. The molecule has 0 radical (unpaired) electrons. The minimum atomic E-state index is 0. The minimum absolute atomic E-state index is 0. The van der Waals surface area contributed by atoms with E-state index in [2.05, 4.69) is 55.4 Å². The molecular weight excluding hydrogens is 723 g/mol. The molecule has 0 aromatic carbocycles. The Balaban J connectivity index is -0.000000471. The summed E-state index contributed by atoms with van der Waals surface area (Å²) in [6.07, 6.45) is 51.6. The third-order valence-corrected chi connectivity index (χ3v) is 12.9. The second-order valence-corrected chi connectivity index (χ2v) is 18.4. The number of hydrogen-bond donors (Lipinski definition) is 0. The molecule has 0 saturated carbocycles. The zero-order valence-electron chi connectivity index (χ0n) is 40.8. The standard InChI is InChI=1S/C28H60N.C24H52N.2ClH/c1-5-9-13-17-21-25-29(26-22-18-14-10-6-2,27-23-19-15-11-7-3)28-24-20-16-12-8-4;1-5-9-13-17-21-25(22-18-14-10-6-2,23-19-15-11-7-3)24-20-16-12-8-4;;/h5-28H2,1-4H3;5-24H2,1-4H3;2*1H/q2*+1;;/p-2. The quantitative estimate of drug-likeness (QED) is 0.0424. The molecule has 0 aromatic heterocycles. The van der Waals surface area contributed by atoms with Crippen LogP contribution in [0.5, 0.6) is 0 Å². The Morgan fingerprint density at radius 1 is 0.161 bits per heavy atom. The van der Waals surface area contributed by atoms with Crippen molar-refractivity contribution in [1.82, 2.24) is 0 Å². The van der Waals surface area contributed by atoms with Crippen molar-refractivity contribution >= 4 is 0 Å². The lowest BCUT2D eigenvalue weighted by Crippen LogP contribution is -3.00. The van der Waals surface area contributed by atoms with Crippen molar-refractivity contribution in [2.45, 2.75) is 287 Å². The highest BCUT2D eigenvalue weighted by molar-refractivity contribution is 4.56. The number of unbranched alkanes of at least 4 members (excludes halogenated alkanes) is 28. The molecule has 2 nitrogen and oxygen atoms in total. The Bertz CT molecular complexity index is 556. The summed E-state index contributed by atoms with van der Waals surface area (Å²) >= 11 is 0. The van der Waals surface area contributed by atoms with Crippen molar-refractivity contribution in [3.63, 3.8) is 0 Å². The lowest BCUT2D eigenvalue weighted by Gasteiger charge is -2.39. The number of rotatable bonds is 44. The molecule has 0 aliphatic rings. The molecule has 0 saturated heterocycles. The van der Waals surface area contributed by atoms with Crippen LogP contribution in [0.2, 0.25) is 0 Å². The highest BCUT2D eigenvalue weighted by atomic mass is 35.5. The van der Waals surface area contributed by atoms with Gasteiger partial charge in [-0.15, -0.1) is 0 Å². The average Bonchev–Trinajstić information content (AvgIpc) is 3.18. The van der Waals surface area contributed by atoms with Crippen LogP contribution in [0.1, 0.15) is 287 Å². The first-order valence-electron chi connectivity index (χ1n) is 26.2. The number of hydrogen-bond acceptors (Lipinski definition) is 0. The van der Waals surface area contributed by atoms with Crippen molar-refractivity contribution in [2.75, 3.05) is 52.4 Å². The SMILES string of the molecule is CCCCCCC[N+](CCCCCCC)(CCCCCCC)CCCCCCC.CCCCCC[N+](CCCCCC)(CCCCCC)CCCCCC.[Cl-].[Cl-]. The normalized spacial score (nSPS) is 11.6. The molecule has 344 valence electrons. The molecule has 0 amide bonds. The minimum Gasteiger partial charge on any atom is -1.00 e. The van der Waals surface area contributed by atoms with E-state index in [0.29, 0.717) is 0 Å². The molecule has 0 atom stereocenters. The maximum absolute atomic E-state index is 2.34. The van der Waals surface area contributed by atoms with Crippen molar-refractivity contribution in [3.05, 3.63) is 0 Å². The third kappa shape index (κ3) is 42.6. The van der Waals surface area contributed by atoms with E-state index in [1.165, 1.54) is 292 Å². The van der Waals surface area contributed by atoms with Crippen LogP contribution in [0.15, 0.2) is 0 Å². The zero-order chi connectivity index (χ0) is 40.1. The summed E-state index contributed by atoms with van der Waals surface area (Å²) in [5, 5.41) is 0. The summed E-state index contributed by atoms with van der Waals surface area (Å²) in [7, 11) is 0. The molecule has 0 aliphatic heterocycles. The smallest absolute Gasteiger partial charge is 0.0786 e. The van der Waals surface area contributed by atoms with Crippen molar-refractivity contribution in [3.8, 4) is 0 Å². The largest absolute Gasteiger partial charge is 1.00 e. The summed E-state index contributed by atoms with van der Waals surface area (Å²) in [5.74, 6) is 0. The van der Waals surface area contributed by atoms with Crippen molar-refractivity contribution < 1.29 is 33.8 Å². The Morgan fingerprint density at radius 2 is 0.268 bits per heavy atom. The van der Waals surface area contributed by atoms with E-state index < -0.39 is 0 Å². The molecule has 0 aromatic rings. The Hall–Kier alpha value is 0.500. The van der Waals surface area contributed by atoms with Crippen LogP contribution >= 0.6 is 0 Å². The fraction of sp³-hybridized carbons (Fsp3) is 1.00. The Morgan fingerprint density at radius 3 is 0.393 bits per heavy atom. The maximum Gasteiger partial charge on any atom is 0.0786 e. The molecule has 0 bridgehead atoms. The van der Waals surface area contributed by atoms with Gasteiger partial charge in [-0.05, 0) is 103 Å². The lowest BCUT2D eigenvalue weighted by molar-refractivity contribution is -0.929. The fourth-order valence-electron chi connectivity index (χ4n) is 9.04. The van der Waals surface area contributed by atoms with Gasteiger partial charge in [-0.3, -0.25) is 0 Å². The molecular formula is C52H112Cl2N2. The number of halogens is 2. The van der Waals surface area contributed by atoms with Gasteiger partial charge in [-0.1, -0.05) is 184 Å². The molecule has 4 heteroatoms. The van der Waals surface area contributed by atoms with Gasteiger partial charge in [0.2, 0.25) is 0 Å². The Labute approximate surface area is 371 Å². The summed E-state index contributed by atoms with van der Waals surface area (Å²) in [6.45, 7) is 30.4. The maximum atomic E-state index is 2.34. The zero-order valence-corrected chi connectivity index (χ0v) is 42.3. The van der Waals surface area contributed by atoms with E-state index in [1.807, 2.05) is 0 Å². The lowest BCUT2D eigenvalue weighted by atomic mass is 10.1. The van der Waals surface area contributed by atoms with Gasteiger partial charge in [0.25, 0.3) is 0 Å². The molecule has 0 spiro atoms. The monoisotopic (exact) mass is 835 g/mol. The second-order valence-electron chi connectivity index (χ2n) is 18.4. The van der Waals surface area contributed by atoms with Crippen molar-refractivity contribution in [2.24, 2.45) is 0 Å². The van der Waals surface area contributed by atoms with Crippen LogP contribution < -0.4 is 24.8 Å². The van der Waals surface area contributed by atoms with Gasteiger partial charge in [0.1, 0.15) is 0 Å². The van der Waals surface area contributed by atoms with Gasteiger partial charge in [0.05, 0.1) is 52.4 Å². The van der Waals surface area contributed by atoms with Gasteiger partial charge in [-0.25, -0.2) is 0 Å². The van der Waals surface area contributed by atoms with Gasteiger partial charge < -0.3 is 33.8 Å². The van der Waals surface area contributed by atoms with E-state index in [0.717, 1.165) is 0 Å². The van der Waals surface area contributed by atoms with E-state index in [-0.39, 0.29) is 24.8 Å². The molecule has 56 heavy (non-hydrogen) atoms. The van der Waals surface area contributed by atoms with E-state index in [9.17, 15) is 0 Å². The second kappa shape index (κ2) is 51.6. The van der Waals surface area contributed by atoms with E-state index in [4.69, 9.17) is 0 Å². The first kappa shape index (κ1) is 63.1. The third-order valence-electron chi connectivity index (χ3n) is 12.9. The van der Waals surface area contributed by atoms with Crippen LogP contribution in [0.25, 0.3) is 0 Å². The molecule has 0 fully saturated rings. The first-order chi connectivity index (χ1) is 26.5. The van der Waals surface area contributed by atoms with Gasteiger partial charge in [0, 0.05) is 0 Å². The summed E-state index contributed by atoms with van der Waals surface area (Å²) in [5.41, 5.74) is 0. The van der Waals surface area contributed by atoms with E-state index in [1.54, 1.807) is 0 Å². The predicted octanol–water partition coefficient (Wildman–Crippen LogP) is 11.8. The summed E-state index contributed by atoms with van der Waals surface area (Å²) < 4.78 is 2.93.